The molecule has 0 atom stereocenters. The molecule has 6 rings (SSSR count). The molecule has 2 aromatic carbocycles. The van der Waals surface area contributed by atoms with Crippen LogP contribution in [-0.4, -0.2) is 50.5 Å². The van der Waals surface area contributed by atoms with Gasteiger partial charge in [0.25, 0.3) is 0 Å². The number of aromatic hydroxyl groups is 2. The lowest BCUT2D eigenvalue weighted by Crippen LogP contribution is -2.08. The van der Waals surface area contributed by atoms with Gasteiger partial charge in [-0.1, -0.05) is 13.8 Å². The number of ketones is 2. The quantitative estimate of drug-likeness (QED) is 0.173. The van der Waals surface area contributed by atoms with E-state index in [1.165, 1.54) is 30.3 Å². The number of carbonyl (C=O) groups is 2. The van der Waals surface area contributed by atoms with Crippen molar-refractivity contribution in [1.29, 1.82) is 10.5 Å². The van der Waals surface area contributed by atoms with Gasteiger partial charge in [0.15, 0.2) is 0 Å². The van der Waals surface area contributed by atoms with Gasteiger partial charge >= 0.3 is 0 Å². The SMILES string of the molecule is BrBr.CCc1nc2ncccn2c1C(=O)c1cc(Br)c(O)c(C#N)c1.CCc1nc2ncccn2c1C(=O)c1ccc(O)c(C#N)c1. The van der Waals surface area contributed by atoms with Crippen LogP contribution in [0.5, 0.6) is 11.5 Å². The highest BCUT2D eigenvalue weighted by Gasteiger charge is 2.23. The summed E-state index contributed by atoms with van der Waals surface area (Å²) in [6, 6.07) is 14.3. The lowest BCUT2D eigenvalue weighted by Gasteiger charge is -2.06. The van der Waals surface area contributed by atoms with Gasteiger partial charge in [0.2, 0.25) is 23.1 Å². The number of phenolic OH excluding ortho intramolecular Hbond substituents is 2. The Balaban J connectivity index is 0.000000202. The molecule has 0 amide bonds. The highest BCUT2D eigenvalue weighted by Crippen LogP contribution is 2.30. The topological polar surface area (TPSA) is 183 Å². The molecule has 0 saturated carbocycles. The summed E-state index contributed by atoms with van der Waals surface area (Å²) < 4.78 is 3.57. The number of aryl methyl sites for hydroxylation is 2. The number of benzene rings is 2. The maximum atomic E-state index is 12.9. The number of fused-ring (bicyclic) bond motifs is 2. The van der Waals surface area contributed by atoms with E-state index < -0.39 is 0 Å². The van der Waals surface area contributed by atoms with E-state index in [2.05, 4.69) is 64.1 Å². The fourth-order valence-electron chi connectivity index (χ4n) is 4.70. The number of phenols is 2. The molecule has 0 aliphatic heterocycles. The number of halogens is 3. The molecule has 12 nitrogen and oxygen atoms in total. The summed E-state index contributed by atoms with van der Waals surface area (Å²) >= 11 is 8.67. The van der Waals surface area contributed by atoms with Crippen molar-refractivity contribution >= 4 is 67.3 Å². The molecule has 0 saturated heterocycles. The first-order valence-electron chi connectivity index (χ1n) is 13.8. The van der Waals surface area contributed by atoms with Gasteiger partial charge in [-0.15, -0.1) is 0 Å². The van der Waals surface area contributed by atoms with Crippen LogP contribution in [-0.2, 0) is 12.8 Å². The van der Waals surface area contributed by atoms with Gasteiger partial charge in [0.1, 0.15) is 35.0 Å². The molecular formula is C32H23Br3N8O4. The predicted molar refractivity (Wildman–Crippen MR) is 183 cm³/mol. The van der Waals surface area contributed by atoms with Crippen molar-refractivity contribution in [3.8, 4) is 23.6 Å². The van der Waals surface area contributed by atoms with Crippen LogP contribution in [0.15, 0.2) is 71.7 Å². The minimum absolute atomic E-state index is 0.0349. The summed E-state index contributed by atoms with van der Waals surface area (Å²) in [7, 11) is 0. The summed E-state index contributed by atoms with van der Waals surface area (Å²) in [5.41, 5.74) is 2.86. The summed E-state index contributed by atoms with van der Waals surface area (Å²) in [4.78, 5) is 42.7. The molecule has 2 N–H and O–H groups in total. The molecule has 0 unspecified atom stereocenters. The van der Waals surface area contributed by atoms with Crippen molar-refractivity contribution in [2.24, 2.45) is 0 Å². The van der Waals surface area contributed by atoms with Crippen molar-refractivity contribution in [2.45, 2.75) is 26.7 Å². The molecule has 4 aromatic heterocycles. The largest absolute Gasteiger partial charge is 0.507 e. The van der Waals surface area contributed by atoms with Gasteiger partial charge in [-0.25, -0.2) is 19.9 Å². The first-order valence-corrected chi connectivity index (χ1v) is 18.3. The Kier molecular flexibility index (Phi) is 11.6. The number of nitriles is 2. The number of nitrogens with zero attached hydrogens (tertiary/aromatic N) is 8. The van der Waals surface area contributed by atoms with Crippen molar-refractivity contribution in [3.63, 3.8) is 0 Å². The lowest BCUT2D eigenvalue weighted by molar-refractivity contribution is 0.102. The average molecular weight is 823 g/mol. The Morgan fingerprint density at radius 2 is 1.28 bits per heavy atom. The van der Waals surface area contributed by atoms with Crippen LogP contribution in [0.2, 0.25) is 0 Å². The Hall–Kier alpha value is -4.96. The molecule has 0 aliphatic rings. The van der Waals surface area contributed by atoms with E-state index in [-0.39, 0.29) is 34.2 Å². The van der Waals surface area contributed by atoms with Gasteiger partial charge in [0, 0.05) is 64.2 Å². The number of imidazole rings is 2. The Labute approximate surface area is 292 Å². The third-order valence-corrected chi connectivity index (χ3v) is 7.48. The predicted octanol–water partition coefficient (Wildman–Crippen LogP) is 6.65. The summed E-state index contributed by atoms with van der Waals surface area (Å²) in [5.74, 6) is 0.0515. The van der Waals surface area contributed by atoms with Gasteiger partial charge in [-0.3, -0.25) is 18.4 Å². The zero-order valence-corrected chi connectivity index (χ0v) is 29.4. The maximum absolute atomic E-state index is 12.9. The van der Waals surface area contributed by atoms with E-state index in [0.717, 1.165) is 0 Å². The molecule has 0 bridgehead atoms. The molecule has 0 spiro atoms. The van der Waals surface area contributed by atoms with Crippen LogP contribution < -0.4 is 0 Å². The van der Waals surface area contributed by atoms with Crippen molar-refractivity contribution in [1.82, 2.24) is 28.7 Å². The van der Waals surface area contributed by atoms with Crippen molar-refractivity contribution in [3.05, 3.63) is 117 Å². The monoisotopic (exact) mass is 820 g/mol. The second-order valence-electron chi connectivity index (χ2n) is 9.57. The summed E-state index contributed by atoms with van der Waals surface area (Å²) in [5, 5.41) is 37.4. The molecule has 6 aromatic rings. The molecule has 0 aliphatic carbocycles. The molecule has 0 radical (unpaired) electrons. The summed E-state index contributed by atoms with van der Waals surface area (Å²) in [6.07, 6.45) is 7.85. The number of hydrogen-bond acceptors (Lipinski definition) is 10. The Morgan fingerprint density at radius 1 is 0.787 bits per heavy atom. The van der Waals surface area contributed by atoms with Crippen LogP contribution in [0.3, 0.4) is 0 Å². The molecular weight excluding hydrogens is 800 g/mol. The zero-order chi connectivity index (χ0) is 34.2. The number of carbonyl (C=O) groups excluding carboxylic acids is 2. The Morgan fingerprint density at radius 3 is 1.77 bits per heavy atom. The zero-order valence-electron chi connectivity index (χ0n) is 24.7. The van der Waals surface area contributed by atoms with Crippen LogP contribution in [0.25, 0.3) is 11.6 Å². The van der Waals surface area contributed by atoms with Crippen molar-refractivity contribution in [2.75, 3.05) is 0 Å². The number of aromatic nitrogens is 6. The van der Waals surface area contributed by atoms with Crippen LogP contribution in [0.1, 0.15) is 68.5 Å². The third kappa shape index (κ3) is 7.07. The second-order valence-corrected chi connectivity index (χ2v) is 10.4. The minimum Gasteiger partial charge on any atom is -0.507 e. The van der Waals surface area contributed by atoms with Crippen LogP contribution >= 0.6 is 44.2 Å². The number of rotatable bonds is 6. The molecule has 47 heavy (non-hydrogen) atoms. The first-order chi connectivity index (χ1) is 22.7. The highest BCUT2D eigenvalue weighted by molar-refractivity contribution is 9.93. The second kappa shape index (κ2) is 15.6. The maximum Gasteiger partial charge on any atom is 0.234 e. The minimum atomic E-state index is -0.278. The van der Waals surface area contributed by atoms with E-state index in [4.69, 9.17) is 10.5 Å². The van der Waals surface area contributed by atoms with E-state index in [1.807, 2.05) is 26.0 Å². The van der Waals surface area contributed by atoms with Gasteiger partial charge in [-0.05, 0) is 71.2 Å². The fourth-order valence-corrected chi connectivity index (χ4v) is 5.16. The number of hydrogen-bond donors (Lipinski definition) is 2. The lowest BCUT2D eigenvalue weighted by atomic mass is 10.0. The molecule has 236 valence electrons. The van der Waals surface area contributed by atoms with E-state index in [1.54, 1.807) is 45.7 Å². The molecule has 0 fully saturated rings. The van der Waals surface area contributed by atoms with Gasteiger partial charge < -0.3 is 10.2 Å². The molecule has 15 heteroatoms. The van der Waals surface area contributed by atoms with E-state index >= 15 is 0 Å². The summed E-state index contributed by atoms with van der Waals surface area (Å²) in [6.45, 7) is 3.82. The third-order valence-electron chi connectivity index (χ3n) is 6.88. The van der Waals surface area contributed by atoms with Crippen molar-refractivity contribution < 1.29 is 19.8 Å². The van der Waals surface area contributed by atoms with E-state index in [0.29, 0.717) is 62.8 Å². The standard InChI is InChI=1S/C16H11BrN4O2.C16H12N4O2.Br2/c1-2-12-13(21-5-3-4-19-16(21)20-12)15(23)9-6-10(8-18)14(22)11(17)7-9;1-2-12-14(20-7-3-6-18-16(20)19-12)15(22)10-4-5-13(21)11(8-10)9-17;1-2/h3-7,22H,2H2,1H3;3-8,21H,2H2,1H3;. The normalized spacial score (nSPS) is 10.3. The van der Waals surface area contributed by atoms with E-state index in [9.17, 15) is 19.8 Å². The van der Waals surface area contributed by atoms with Gasteiger partial charge in [0.05, 0.1) is 27.0 Å². The smallest absolute Gasteiger partial charge is 0.234 e. The first kappa shape index (κ1) is 34.9. The fraction of sp³-hybridized carbons (Fsp3) is 0.125. The van der Waals surface area contributed by atoms with Crippen LogP contribution in [0, 0.1) is 22.7 Å². The van der Waals surface area contributed by atoms with Crippen LogP contribution in [0.4, 0.5) is 0 Å². The Bertz CT molecular complexity index is 2220. The van der Waals surface area contributed by atoms with Gasteiger partial charge in [-0.2, -0.15) is 10.5 Å². The molecule has 4 heterocycles. The highest BCUT2D eigenvalue weighted by atomic mass is 80.9. The average Bonchev–Trinajstić information content (AvgIpc) is 3.68.